The summed E-state index contributed by atoms with van der Waals surface area (Å²) in [6, 6.07) is 7.15. The fourth-order valence-corrected chi connectivity index (χ4v) is 2.23. The number of carbonyl (C=O) groups excluding carboxylic acids is 1. The number of nitrogens with one attached hydrogen (secondary N) is 1. The highest BCUT2D eigenvalue weighted by Crippen LogP contribution is 2.18. The van der Waals surface area contributed by atoms with Gasteiger partial charge in [0.05, 0.1) is 12.8 Å². The van der Waals surface area contributed by atoms with Crippen LogP contribution in [0.3, 0.4) is 0 Å². The summed E-state index contributed by atoms with van der Waals surface area (Å²) in [5, 5.41) is 2.87. The van der Waals surface area contributed by atoms with Gasteiger partial charge in [-0.2, -0.15) is 0 Å². The summed E-state index contributed by atoms with van der Waals surface area (Å²) in [6.07, 6.45) is 7.72. The molecule has 0 aliphatic rings. The summed E-state index contributed by atoms with van der Waals surface area (Å²) in [5.74, 6) is 0.623. The monoisotopic (exact) mass is 296 g/mol. The minimum absolute atomic E-state index is 0.108. The largest absolute Gasteiger partial charge is 0.493 e. The van der Waals surface area contributed by atoms with Crippen LogP contribution in [0, 0.1) is 0 Å². The Morgan fingerprint density at radius 2 is 2.14 bits per heavy atom. The van der Waals surface area contributed by atoms with Gasteiger partial charge in [-0.3, -0.25) is 9.78 Å². The minimum atomic E-state index is -0.108. The topological polar surface area (TPSA) is 68.5 Å². The molecule has 0 spiro atoms. The van der Waals surface area contributed by atoms with E-state index >= 15 is 0 Å². The van der Waals surface area contributed by atoms with E-state index in [1.165, 1.54) is 0 Å². The van der Waals surface area contributed by atoms with E-state index in [4.69, 9.17) is 4.74 Å². The van der Waals surface area contributed by atoms with Crippen molar-refractivity contribution in [3.05, 3.63) is 60.3 Å². The number of amides is 1. The van der Waals surface area contributed by atoms with Gasteiger partial charge < -0.3 is 14.5 Å². The fraction of sp³-hybridized carbons (Fsp3) is 0.188. The van der Waals surface area contributed by atoms with Crippen LogP contribution in [0.25, 0.3) is 5.65 Å². The van der Waals surface area contributed by atoms with Gasteiger partial charge in [0.25, 0.3) is 5.91 Å². The molecule has 22 heavy (non-hydrogen) atoms. The Morgan fingerprint density at radius 1 is 1.32 bits per heavy atom. The van der Waals surface area contributed by atoms with E-state index in [0.717, 1.165) is 17.1 Å². The van der Waals surface area contributed by atoms with E-state index in [1.54, 1.807) is 31.6 Å². The highest BCUT2D eigenvalue weighted by atomic mass is 16.5. The van der Waals surface area contributed by atoms with Crippen LogP contribution in [0.15, 0.2) is 49.1 Å². The van der Waals surface area contributed by atoms with Crippen molar-refractivity contribution in [1.29, 1.82) is 0 Å². The van der Waals surface area contributed by atoms with Crippen molar-refractivity contribution in [2.24, 2.45) is 0 Å². The molecule has 0 aliphatic carbocycles. The van der Waals surface area contributed by atoms with E-state index in [1.807, 2.05) is 28.9 Å². The van der Waals surface area contributed by atoms with Gasteiger partial charge in [0.1, 0.15) is 0 Å². The van der Waals surface area contributed by atoms with E-state index in [2.05, 4.69) is 15.3 Å². The van der Waals surface area contributed by atoms with Crippen LogP contribution in [-0.4, -0.2) is 33.9 Å². The molecule has 3 aromatic rings. The zero-order chi connectivity index (χ0) is 15.4. The number of methoxy groups -OCH3 is 1. The molecule has 0 saturated heterocycles. The van der Waals surface area contributed by atoms with Crippen LogP contribution in [0.1, 0.15) is 16.1 Å². The number of aromatic nitrogens is 3. The molecular formula is C16H16N4O2. The third-order valence-corrected chi connectivity index (χ3v) is 3.33. The first-order chi connectivity index (χ1) is 10.8. The molecule has 1 amide bonds. The van der Waals surface area contributed by atoms with Crippen molar-refractivity contribution in [3.8, 4) is 5.75 Å². The Bertz CT molecular complexity index is 783. The summed E-state index contributed by atoms with van der Waals surface area (Å²) in [4.78, 5) is 20.3. The number of nitrogens with zero attached hydrogens (tertiary/aromatic N) is 3. The van der Waals surface area contributed by atoms with Crippen LogP contribution in [-0.2, 0) is 6.42 Å². The Labute approximate surface area is 127 Å². The molecule has 112 valence electrons. The molecule has 0 radical (unpaired) electrons. The molecule has 3 rings (SSSR count). The lowest BCUT2D eigenvalue weighted by Gasteiger charge is -2.03. The molecule has 0 saturated carbocycles. The summed E-state index contributed by atoms with van der Waals surface area (Å²) in [5.41, 5.74) is 2.28. The second-order valence-electron chi connectivity index (χ2n) is 4.78. The molecule has 0 fully saturated rings. The van der Waals surface area contributed by atoms with Gasteiger partial charge in [-0.1, -0.05) is 0 Å². The summed E-state index contributed by atoms with van der Waals surface area (Å²) >= 11 is 0. The number of hydrogen-bond donors (Lipinski definition) is 1. The van der Waals surface area contributed by atoms with Crippen LogP contribution in [0.5, 0.6) is 5.75 Å². The first-order valence-corrected chi connectivity index (χ1v) is 6.97. The zero-order valence-corrected chi connectivity index (χ0v) is 12.2. The van der Waals surface area contributed by atoms with Crippen LogP contribution in [0.2, 0.25) is 0 Å². The predicted molar refractivity (Wildman–Crippen MR) is 82.0 cm³/mol. The van der Waals surface area contributed by atoms with Crippen molar-refractivity contribution >= 4 is 11.6 Å². The number of ether oxygens (including phenoxy) is 1. The quantitative estimate of drug-likeness (QED) is 0.778. The van der Waals surface area contributed by atoms with Crippen LogP contribution < -0.4 is 10.1 Å². The van der Waals surface area contributed by atoms with Gasteiger partial charge in [0.2, 0.25) is 0 Å². The number of rotatable bonds is 5. The Balaban J connectivity index is 1.63. The summed E-state index contributed by atoms with van der Waals surface area (Å²) in [6.45, 7) is 0.521. The lowest BCUT2D eigenvalue weighted by Crippen LogP contribution is -2.25. The van der Waals surface area contributed by atoms with Gasteiger partial charge in [-0.25, -0.2) is 4.98 Å². The number of hydrogen-bond acceptors (Lipinski definition) is 4. The van der Waals surface area contributed by atoms with Crippen molar-refractivity contribution in [2.75, 3.05) is 13.7 Å². The van der Waals surface area contributed by atoms with Crippen molar-refractivity contribution in [2.45, 2.75) is 6.42 Å². The van der Waals surface area contributed by atoms with Gasteiger partial charge in [-0.15, -0.1) is 0 Å². The standard InChI is InChI=1S/C16H16N4O2/c1-22-14-3-2-10-20-11-13(19-15(14)20)6-9-18-16(21)12-4-7-17-8-5-12/h2-5,7-8,10-11H,6,9H2,1H3,(H,18,21). The maximum absolute atomic E-state index is 11.9. The third kappa shape index (κ3) is 2.90. The van der Waals surface area contributed by atoms with Gasteiger partial charge in [0, 0.05) is 43.3 Å². The van der Waals surface area contributed by atoms with E-state index in [-0.39, 0.29) is 5.91 Å². The van der Waals surface area contributed by atoms with Gasteiger partial charge >= 0.3 is 0 Å². The Hall–Kier alpha value is -2.89. The van der Waals surface area contributed by atoms with Crippen LogP contribution in [0.4, 0.5) is 0 Å². The maximum atomic E-state index is 11.9. The summed E-state index contributed by atoms with van der Waals surface area (Å²) < 4.78 is 7.20. The smallest absolute Gasteiger partial charge is 0.251 e. The number of fused-ring (bicyclic) bond motifs is 1. The lowest BCUT2D eigenvalue weighted by atomic mass is 10.2. The molecule has 6 heteroatoms. The molecule has 0 aliphatic heterocycles. The van der Waals surface area contributed by atoms with Gasteiger partial charge in [-0.05, 0) is 24.3 Å². The normalized spacial score (nSPS) is 10.6. The first-order valence-electron chi connectivity index (χ1n) is 6.97. The van der Waals surface area contributed by atoms with Crippen molar-refractivity contribution < 1.29 is 9.53 Å². The number of pyridine rings is 2. The van der Waals surface area contributed by atoms with Crippen molar-refractivity contribution in [3.63, 3.8) is 0 Å². The van der Waals surface area contributed by atoms with Gasteiger partial charge in [0.15, 0.2) is 11.4 Å². The molecule has 0 unspecified atom stereocenters. The molecule has 3 heterocycles. The molecule has 3 aromatic heterocycles. The van der Waals surface area contributed by atoms with E-state index < -0.39 is 0 Å². The highest BCUT2D eigenvalue weighted by Gasteiger charge is 2.08. The molecule has 0 atom stereocenters. The number of carbonyl (C=O) groups is 1. The predicted octanol–water partition coefficient (Wildman–Crippen LogP) is 1.71. The molecule has 0 bridgehead atoms. The molecule has 0 aromatic carbocycles. The maximum Gasteiger partial charge on any atom is 0.251 e. The second kappa shape index (κ2) is 6.26. The molecule has 6 nitrogen and oxygen atoms in total. The summed E-state index contributed by atoms with van der Waals surface area (Å²) in [7, 11) is 1.62. The lowest BCUT2D eigenvalue weighted by molar-refractivity contribution is 0.0954. The highest BCUT2D eigenvalue weighted by molar-refractivity contribution is 5.93. The van der Waals surface area contributed by atoms with E-state index in [0.29, 0.717) is 18.5 Å². The van der Waals surface area contributed by atoms with Crippen molar-refractivity contribution in [1.82, 2.24) is 19.7 Å². The molecule has 1 N–H and O–H groups in total. The fourth-order valence-electron chi connectivity index (χ4n) is 2.23. The second-order valence-corrected chi connectivity index (χ2v) is 4.78. The SMILES string of the molecule is COc1cccn2cc(CCNC(=O)c3ccncc3)nc12. The minimum Gasteiger partial charge on any atom is -0.493 e. The third-order valence-electron chi connectivity index (χ3n) is 3.33. The van der Waals surface area contributed by atoms with E-state index in [9.17, 15) is 4.79 Å². The molecular weight excluding hydrogens is 280 g/mol. The van der Waals surface area contributed by atoms with Crippen LogP contribution >= 0.6 is 0 Å². The zero-order valence-electron chi connectivity index (χ0n) is 12.2. The Kier molecular flexibility index (Phi) is 4.00. The average Bonchev–Trinajstić information content (AvgIpc) is 2.98. The average molecular weight is 296 g/mol. The number of imidazole rings is 1. The first kappa shape index (κ1) is 14.1. The Morgan fingerprint density at radius 3 is 2.91 bits per heavy atom.